The summed E-state index contributed by atoms with van der Waals surface area (Å²) in [5, 5.41) is 8.18. The van der Waals surface area contributed by atoms with Crippen molar-refractivity contribution in [1.82, 2.24) is 0 Å². The maximum atomic E-state index is 9.93. The minimum absolute atomic E-state index is 0. The Kier molecular flexibility index (Phi) is 7.91. The molecule has 0 aliphatic carbocycles. The van der Waals surface area contributed by atoms with Crippen molar-refractivity contribution >= 4 is 35.5 Å². The molecule has 1 N–H and O–H groups in total. The SMILES string of the molecule is CCC(C)C(=O)O.[NaH]. The number of hydrogen-bond donors (Lipinski definition) is 1. The summed E-state index contributed by atoms with van der Waals surface area (Å²) in [6.07, 6.45) is 0.718. The van der Waals surface area contributed by atoms with Gasteiger partial charge in [0.25, 0.3) is 0 Å². The van der Waals surface area contributed by atoms with Crippen LogP contribution < -0.4 is 0 Å². The van der Waals surface area contributed by atoms with Gasteiger partial charge in [-0.2, -0.15) is 0 Å². The molecule has 0 amide bonds. The monoisotopic (exact) mass is 126 g/mol. The van der Waals surface area contributed by atoms with Gasteiger partial charge in [0.15, 0.2) is 0 Å². The molecule has 1 unspecified atom stereocenters. The van der Waals surface area contributed by atoms with E-state index in [9.17, 15) is 4.79 Å². The van der Waals surface area contributed by atoms with Crippen LogP contribution in [0, 0.1) is 5.92 Å². The molecule has 0 aliphatic rings. The third kappa shape index (κ3) is 4.62. The maximum absolute atomic E-state index is 9.93. The van der Waals surface area contributed by atoms with E-state index in [0.717, 1.165) is 6.42 Å². The van der Waals surface area contributed by atoms with Crippen LogP contribution in [0.25, 0.3) is 0 Å². The van der Waals surface area contributed by atoms with E-state index < -0.39 is 5.97 Å². The molecular formula is C5H11NaO2. The van der Waals surface area contributed by atoms with Crippen molar-refractivity contribution in [3.8, 4) is 0 Å². The molecule has 2 nitrogen and oxygen atoms in total. The van der Waals surface area contributed by atoms with E-state index in [1.807, 2.05) is 6.92 Å². The molecule has 0 rings (SSSR count). The first-order valence-electron chi connectivity index (χ1n) is 2.41. The van der Waals surface area contributed by atoms with E-state index in [0.29, 0.717) is 0 Å². The molecule has 3 heteroatoms. The Balaban J connectivity index is 0. The molecule has 0 fully saturated rings. The van der Waals surface area contributed by atoms with Gasteiger partial charge in [0.1, 0.15) is 0 Å². The molecule has 0 heterocycles. The molecular weight excluding hydrogens is 115 g/mol. The van der Waals surface area contributed by atoms with Crippen LogP contribution in [-0.4, -0.2) is 40.6 Å². The molecule has 0 aromatic heterocycles. The summed E-state index contributed by atoms with van der Waals surface area (Å²) in [4.78, 5) is 9.93. The number of carboxylic acid groups (broad SMARTS) is 1. The molecule has 0 radical (unpaired) electrons. The summed E-state index contributed by atoms with van der Waals surface area (Å²) >= 11 is 0. The molecule has 0 aliphatic heterocycles. The van der Waals surface area contributed by atoms with Crippen LogP contribution in [0.4, 0.5) is 0 Å². The zero-order chi connectivity index (χ0) is 5.86. The topological polar surface area (TPSA) is 37.3 Å². The third-order valence-electron chi connectivity index (χ3n) is 1.03. The summed E-state index contributed by atoms with van der Waals surface area (Å²) in [5.74, 6) is -0.887. The van der Waals surface area contributed by atoms with Crippen molar-refractivity contribution in [3.63, 3.8) is 0 Å². The van der Waals surface area contributed by atoms with E-state index in [4.69, 9.17) is 5.11 Å². The van der Waals surface area contributed by atoms with Crippen LogP contribution in [0.3, 0.4) is 0 Å². The molecule has 0 aromatic rings. The second kappa shape index (κ2) is 5.60. The van der Waals surface area contributed by atoms with Crippen LogP contribution in [-0.2, 0) is 4.79 Å². The first-order valence-corrected chi connectivity index (χ1v) is 2.41. The Morgan fingerprint density at radius 3 is 2.12 bits per heavy atom. The van der Waals surface area contributed by atoms with Gasteiger partial charge in [0, 0.05) is 0 Å². The summed E-state index contributed by atoms with van der Waals surface area (Å²) in [7, 11) is 0. The molecule has 8 heavy (non-hydrogen) atoms. The van der Waals surface area contributed by atoms with Crippen LogP contribution in [0.15, 0.2) is 0 Å². The van der Waals surface area contributed by atoms with Gasteiger partial charge in [-0.25, -0.2) is 0 Å². The normalized spacial score (nSPS) is 11.8. The van der Waals surface area contributed by atoms with E-state index in [2.05, 4.69) is 0 Å². The van der Waals surface area contributed by atoms with Crippen LogP contribution >= 0.6 is 0 Å². The fourth-order valence-electron chi connectivity index (χ4n) is 0.175. The average molecular weight is 126 g/mol. The summed E-state index contributed by atoms with van der Waals surface area (Å²) in [6, 6.07) is 0. The van der Waals surface area contributed by atoms with Gasteiger partial charge < -0.3 is 5.11 Å². The fourth-order valence-corrected chi connectivity index (χ4v) is 0.175. The third-order valence-corrected chi connectivity index (χ3v) is 1.03. The zero-order valence-electron chi connectivity index (χ0n) is 4.64. The Morgan fingerprint density at radius 2 is 2.12 bits per heavy atom. The molecule has 0 aromatic carbocycles. The molecule has 44 valence electrons. The van der Waals surface area contributed by atoms with Crippen molar-refractivity contribution in [2.24, 2.45) is 5.92 Å². The molecule has 0 saturated carbocycles. The zero-order valence-corrected chi connectivity index (χ0v) is 4.64. The average Bonchev–Trinajstić information content (AvgIpc) is 1.65. The Bertz CT molecular complexity index is 72.8. The van der Waals surface area contributed by atoms with Crippen LogP contribution in [0.2, 0.25) is 0 Å². The van der Waals surface area contributed by atoms with Crippen molar-refractivity contribution in [1.29, 1.82) is 0 Å². The molecule has 1 atom stereocenters. The van der Waals surface area contributed by atoms with Gasteiger partial charge in [-0.15, -0.1) is 0 Å². The Hall–Kier alpha value is 0.470. The predicted molar refractivity (Wildman–Crippen MR) is 34.2 cm³/mol. The van der Waals surface area contributed by atoms with E-state index in [-0.39, 0.29) is 35.5 Å². The molecule has 0 spiro atoms. The molecule has 0 bridgehead atoms. The van der Waals surface area contributed by atoms with Gasteiger partial charge in [-0.05, 0) is 6.42 Å². The van der Waals surface area contributed by atoms with Crippen LogP contribution in [0.5, 0.6) is 0 Å². The summed E-state index contributed by atoms with van der Waals surface area (Å²) in [5.41, 5.74) is 0. The van der Waals surface area contributed by atoms with Gasteiger partial charge in [-0.1, -0.05) is 13.8 Å². The molecule has 0 saturated heterocycles. The Morgan fingerprint density at radius 1 is 1.75 bits per heavy atom. The van der Waals surface area contributed by atoms with Crippen molar-refractivity contribution < 1.29 is 9.90 Å². The van der Waals surface area contributed by atoms with E-state index >= 15 is 0 Å². The van der Waals surface area contributed by atoms with Crippen molar-refractivity contribution in [2.45, 2.75) is 20.3 Å². The Labute approximate surface area is 71.6 Å². The van der Waals surface area contributed by atoms with Gasteiger partial charge in [-0.3, -0.25) is 4.79 Å². The number of carbonyl (C=O) groups is 1. The number of carboxylic acids is 1. The van der Waals surface area contributed by atoms with E-state index in [1.54, 1.807) is 6.92 Å². The minimum atomic E-state index is -0.706. The second-order valence-corrected chi connectivity index (χ2v) is 1.65. The number of hydrogen-bond acceptors (Lipinski definition) is 1. The first kappa shape index (κ1) is 11.3. The van der Waals surface area contributed by atoms with Gasteiger partial charge in [0.05, 0.1) is 5.92 Å². The first-order chi connectivity index (χ1) is 3.18. The van der Waals surface area contributed by atoms with Crippen molar-refractivity contribution in [2.75, 3.05) is 0 Å². The summed E-state index contributed by atoms with van der Waals surface area (Å²) < 4.78 is 0. The number of aliphatic carboxylic acids is 1. The van der Waals surface area contributed by atoms with Crippen molar-refractivity contribution in [3.05, 3.63) is 0 Å². The fraction of sp³-hybridized carbons (Fsp3) is 0.800. The van der Waals surface area contributed by atoms with Gasteiger partial charge >= 0.3 is 35.5 Å². The summed E-state index contributed by atoms with van der Waals surface area (Å²) in [6.45, 7) is 3.56. The quantitative estimate of drug-likeness (QED) is 0.546. The second-order valence-electron chi connectivity index (χ2n) is 1.65. The standard InChI is InChI=1S/C5H10O2.Na.H/c1-3-4(2)5(6)7;;/h4H,3H2,1-2H3,(H,6,7);;. The van der Waals surface area contributed by atoms with Crippen LogP contribution in [0.1, 0.15) is 20.3 Å². The van der Waals surface area contributed by atoms with E-state index in [1.165, 1.54) is 0 Å². The van der Waals surface area contributed by atoms with Gasteiger partial charge in [0.2, 0.25) is 0 Å². The predicted octanol–water partition coefficient (Wildman–Crippen LogP) is 0.469. The number of rotatable bonds is 2.